The molecule has 0 N–H and O–H groups in total. The summed E-state index contributed by atoms with van der Waals surface area (Å²) in [6, 6.07) is 38.7. The van der Waals surface area contributed by atoms with Gasteiger partial charge in [0.25, 0.3) is 11.8 Å². The van der Waals surface area contributed by atoms with Crippen molar-refractivity contribution in [2.45, 2.75) is 0 Å². The van der Waals surface area contributed by atoms with E-state index in [0.717, 1.165) is 0 Å². The van der Waals surface area contributed by atoms with E-state index in [0.29, 0.717) is 56.2 Å². The predicted molar refractivity (Wildman–Crippen MR) is 154 cm³/mol. The molecule has 7 aromatic rings. The summed E-state index contributed by atoms with van der Waals surface area (Å²) in [5.41, 5.74) is 4.79. The Hall–Kier alpha value is -4.24. The average molecular weight is 677 g/mol. The monoisotopic (exact) mass is 675 g/mol. The van der Waals surface area contributed by atoms with Gasteiger partial charge in [-0.3, -0.25) is 18.7 Å². The van der Waals surface area contributed by atoms with Crippen LogP contribution in [0.15, 0.2) is 127 Å². The van der Waals surface area contributed by atoms with Crippen LogP contribution in [0.4, 0.5) is 0 Å². The molecule has 0 saturated carbocycles. The van der Waals surface area contributed by atoms with Crippen molar-refractivity contribution in [3.63, 3.8) is 0 Å². The fraction of sp³-hybridized carbons (Fsp3) is 0. The first kappa shape index (κ1) is 34.3. The summed E-state index contributed by atoms with van der Waals surface area (Å²) in [6.07, 6.45) is 0. The van der Waals surface area contributed by atoms with E-state index in [1.807, 2.05) is 103 Å². The molecule has 0 amide bonds. The summed E-state index contributed by atoms with van der Waals surface area (Å²) in [7, 11) is 0. The molecule has 1 radical (unpaired) electrons. The summed E-state index contributed by atoms with van der Waals surface area (Å²) in [4.78, 5) is 41.9. The van der Waals surface area contributed by atoms with E-state index < -0.39 is 0 Å². The molecule has 0 unspecified atom stereocenters. The van der Waals surface area contributed by atoms with Gasteiger partial charge in [0, 0.05) is 29.7 Å². The molecular formula is C33H21Cl3N5O2V-3. The zero-order valence-corrected chi connectivity index (χ0v) is 26.4. The van der Waals surface area contributed by atoms with Gasteiger partial charge in [-0.15, -0.1) is 0 Å². The quantitative estimate of drug-likeness (QED) is 0.206. The third kappa shape index (κ3) is 6.06. The van der Waals surface area contributed by atoms with Gasteiger partial charge in [0.2, 0.25) is 0 Å². The number of hydrogen-bond donors (Lipinski definition) is 0. The van der Waals surface area contributed by atoms with Crippen molar-refractivity contribution in [2.24, 2.45) is 0 Å². The number of fused-ring (bicyclic) bond motifs is 2. The fourth-order valence-corrected chi connectivity index (χ4v) is 4.91. The Kier molecular flexibility index (Phi) is 11.3. The summed E-state index contributed by atoms with van der Waals surface area (Å²) < 4.78 is 3.18. The van der Waals surface area contributed by atoms with Gasteiger partial charge in [0.05, 0.1) is 22.1 Å². The Balaban J connectivity index is 0.00000132. The van der Waals surface area contributed by atoms with Gasteiger partial charge in [-0.2, -0.15) is 0 Å². The van der Waals surface area contributed by atoms with E-state index in [9.17, 15) is 9.59 Å². The van der Waals surface area contributed by atoms with Crippen LogP contribution >= 0.6 is 0 Å². The normalized spacial score (nSPS) is 10.2. The summed E-state index contributed by atoms with van der Waals surface area (Å²) in [5, 5.41) is 0. The van der Waals surface area contributed by atoms with Crippen LogP contribution in [0.1, 0.15) is 20.7 Å². The fourth-order valence-electron chi connectivity index (χ4n) is 4.91. The molecule has 0 spiro atoms. The number of para-hydroxylation sites is 4. The molecule has 3 aromatic heterocycles. The van der Waals surface area contributed by atoms with Gasteiger partial charge < -0.3 is 37.2 Å². The van der Waals surface area contributed by atoms with E-state index in [1.54, 1.807) is 33.4 Å². The van der Waals surface area contributed by atoms with Crippen molar-refractivity contribution in [1.29, 1.82) is 0 Å². The second kappa shape index (κ2) is 14.5. The maximum absolute atomic E-state index is 13.7. The maximum Gasteiger partial charge on any atom is 0.264 e. The van der Waals surface area contributed by atoms with Crippen LogP contribution in [-0.4, -0.2) is 35.9 Å². The topological polar surface area (TPSA) is 82.7 Å². The Morgan fingerprint density at radius 3 is 1.20 bits per heavy atom. The third-order valence-electron chi connectivity index (χ3n) is 6.78. The molecule has 7 nitrogen and oxygen atoms in total. The van der Waals surface area contributed by atoms with Crippen molar-refractivity contribution < 1.29 is 65.4 Å². The van der Waals surface area contributed by atoms with Crippen molar-refractivity contribution >= 4 is 33.9 Å². The van der Waals surface area contributed by atoms with Crippen LogP contribution in [0.25, 0.3) is 45.1 Å². The molecule has 4 aromatic carbocycles. The minimum absolute atomic E-state index is 0. The molecule has 0 aliphatic heterocycles. The van der Waals surface area contributed by atoms with E-state index in [2.05, 4.69) is 0 Å². The molecule has 7 rings (SSSR count). The average Bonchev–Trinajstić information content (AvgIpc) is 3.61. The standard InChI is InChI=1S/C33H21N5O2.3ClH.V/c39-32(22-12-3-1-4-13-22)37-28-20-9-7-16-24(28)35-30(37)26-18-11-19-27(34-26)31-36-25-17-8-10-21-29(25)38(31)33(40)23-14-5-2-6-15-23;;;;/h1-21H;3*1H;/p-3. The Bertz CT molecular complexity index is 1920. The van der Waals surface area contributed by atoms with Crippen LogP contribution in [0.2, 0.25) is 0 Å². The number of carbonyl (C=O) groups is 2. The number of pyridine rings is 1. The Labute approximate surface area is 283 Å². The minimum Gasteiger partial charge on any atom is -1.00 e. The molecule has 11 heteroatoms. The van der Waals surface area contributed by atoms with E-state index in [4.69, 9.17) is 15.0 Å². The first-order chi connectivity index (χ1) is 19.7. The van der Waals surface area contributed by atoms with Crippen LogP contribution in [-0.2, 0) is 18.6 Å². The molecule has 0 fully saturated rings. The zero-order valence-electron chi connectivity index (χ0n) is 22.8. The molecule has 0 bridgehead atoms. The number of aromatic nitrogens is 5. The van der Waals surface area contributed by atoms with Gasteiger partial charge in [0.1, 0.15) is 11.4 Å². The smallest absolute Gasteiger partial charge is 0.264 e. The second-order valence-corrected chi connectivity index (χ2v) is 9.27. The van der Waals surface area contributed by atoms with E-state index in [-0.39, 0.29) is 67.6 Å². The largest absolute Gasteiger partial charge is 1.00 e. The van der Waals surface area contributed by atoms with Crippen molar-refractivity contribution in [2.75, 3.05) is 0 Å². The van der Waals surface area contributed by atoms with Crippen molar-refractivity contribution in [3.8, 4) is 23.0 Å². The first-order valence-electron chi connectivity index (χ1n) is 12.8. The molecule has 0 atom stereocenters. The predicted octanol–water partition coefficient (Wildman–Crippen LogP) is -2.50. The van der Waals surface area contributed by atoms with Gasteiger partial charge >= 0.3 is 0 Å². The maximum atomic E-state index is 13.7. The number of nitrogens with zero attached hydrogens (tertiary/aromatic N) is 5. The molecule has 44 heavy (non-hydrogen) atoms. The third-order valence-corrected chi connectivity index (χ3v) is 6.78. The number of carbonyl (C=O) groups excluding carboxylic acids is 2. The van der Waals surface area contributed by atoms with Crippen LogP contribution in [0.3, 0.4) is 0 Å². The van der Waals surface area contributed by atoms with Crippen LogP contribution in [0, 0.1) is 0 Å². The second-order valence-electron chi connectivity index (χ2n) is 9.27. The number of benzene rings is 4. The number of rotatable bonds is 4. The number of imidazole rings is 2. The molecule has 219 valence electrons. The zero-order chi connectivity index (χ0) is 27.1. The van der Waals surface area contributed by atoms with Gasteiger partial charge in [-0.05, 0) is 60.7 Å². The summed E-state index contributed by atoms with van der Waals surface area (Å²) in [5.74, 6) is 0.411. The molecular weight excluding hydrogens is 656 g/mol. The number of hydrogen-bond acceptors (Lipinski definition) is 5. The molecule has 0 saturated heterocycles. The molecule has 0 aliphatic rings. The van der Waals surface area contributed by atoms with Crippen LogP contribution < -0.4 is 37.2 Å². The first-order valence-corrected chi connectivity index (χ1v) is 12.8. The van der Waals surface area contributed by atoms with E-state index in [1.165, 1.54) is 0 Å². The van der Waals surface area contributed by atoms with Crippen LogP contribution in [0.5, 0.6) is 0 Å². The summed E-state index contributed by atoms with van der Waals surface area (Å²) in [6.45, 7) is 0. The Morgan fingerprint density at radius 2 is 0.795 bits per heavy atom. The van der Waals surface area contributed by atoms with Gasteiger partial charge in [-0.1, -0.05) is 66.7 Å². The summed E-state index contributed by atoms with van der Waals surface area (Å²) >= 11 is 0. The van der Waals surface area contributed by atoms with Crippen molar-refractivity contribution in [1.82, 2.24) is 24.1 Å². The molecule has 3 heterocycles. The van der Waals surface area contributed by atoms with Gasteiger partial charge in [0.15, 0.2) is 11.6 Å². The molecule has 0 aliphatic carbocycles. The SMILES string of the molecule is O=C(c1ccccc1)n1c(-c2cccc(-c3nc4ccccc4n3C(=O)c3ccccc3)n2)nc2ccccc21.[Cl-].[Cl-].[Cl-].[V]. The number of halogens is 3. The minimum atomic E-state index is -0.206. The van der Waals surface area contributed by atoms with Gasteiger partial charge in [-0.25, -0.2) is 15.0 Å². The van der Waals surface area contributed by atoms with Crippen molar-refractivity contribution in [3.05, 3.63) is 139 Å². The van der Waals surface area contributed by atoms with E-state index >= 15 is 0 Å². The Morgan fingerprint density at radius 1 is 0.432 bits per heavy atom.